The number of rotatable bonds is 16. The van der Waals surface area contributed by atoms with Gasteiger partial charge in [0.1, 0.15) is 0 Å². The van der Waals surface area contributed by atoms with Gasteiger partial charge in [-0.2, -0.15) is 0 Å². The van der Waals surface area contributed by atoms with Gasteiger partial charge < -0.3 is 0 Å². The van der Waals surface area contributed by atoms with E-state index in [0.717, 1.165) is 0 Å². The third-order valence-electron chi connectivity index (χ3n) is 6.36. The molecule has 0 N–H and O–H groups in total. The summed E-state index contributed by atoms with van der Waals surface area (Å²) in [5, 5.41) is 3.09. The SMILES string of the molecule is CCCC[P+](CCCC)(CCCC)CCCCP(c1ccccc1)c1ccccc1. The lowest BCUT2D eigenvalue weighted by atomic mass is 10.4. The molecule has 0 aromatic heterocycles. The van der Waals surface area contributed by atoms with Crippen LogP contribution >= 0.6 is 15.2 Å². The van der Waals surface area contributed by atoms with Crippen LogP contribution in [0.2, 0.25) is 0 Å². The molecule has 30 heavy (non-hydrogen) atoms. The van der Waals surface area contributed by atoms with Crippen molar-refractivity contribution in [3.63, 3.8) is 0 Å². The van der Waals surface area contributed by atoms with Gasteiger partial charge in [0.05, 0.1) is 24.6 Å². The van der Waals surface area contributed by atoms with E-state index >= 15 is 0 Å². The highest BCUT2D eigenvalue weighted by atomic mass is 31.2. The Bertz CT molecular complexity index is 592. The van der Waals surface area contributed by atoms with Crippen LogP contribution in [0.3, 0.4) is 0 Å². The van der Waals surface area contributed by atoms with Gasteiger partial charge in [0, 0.05) is 7.26 Å². The average molecular weight is 444 g/mol. The van der Waals surface area contributed by atoms with Gasteiger partial charge in [-0.05, 0) is 56.8 Å². The fourth-order valence-corrected chi connectivity index (χ4v) is 12.1. The molecule has 0 unspecified atom stereocenters. The van der Waals surface area contributed by atoms with E-state index in [1.54, 1.807) is 35.3 Å². The van der Waals surface area contributed by atoms with E-state index in [9.17, 15) is 0 Å². The second-order valence-electron chi connectivity index (χ2n) is 8.83. The molecule has 0 amide bonds. The highest BCUT2D eigenvalue weighted by Crippen LogP contribution is 2.61. The number of unbranched alkanes of at least 4 members (excludes halogenated alkanes) is 4. The van der Waals surface area contributed by atoms with E-state index in [1.807, 2.05) is 0 Å². The molecule has 0 radical (unpaired) electrons. The largest absolute Gasteiger partial charge is 0.0652 e. The Kier molecular flexibility index (Phi) is 12.9. The summed E-state index contributed by atoms with van der Waals surface area (Å²) >= 11 is 0. The predicted octanol–water partition coefficient (Wildman–Crippen LogP) is 8.32. The van der Waals surface area contributed by atoms with Gasteiger partial charge in [-0.15, -0.1) is 0 Å². The summed E-state index contributed by atoms with van der Waals surface area (Å²) in [7, 11) is -0.961. The maximum atomic E-state index is 2.38. The van der Waals surface area contributed by atoms with E-state index in [4.69, 9.17) is 0 Å². The third kappa shape index (κ3) is 8.81. The lowest BCUT2D eigenvalue weighted by molar-refractivity contribution is 0.816. The number of hydrogen-bond acceptors (Lipinski definition) is 0. The van der Waals surface area contributed by atoms with Crippen molar-refractivity contribution < 1.29 is 0 Å². The minimum atomic E-state index is -0.742. The van der Waals surface area contributed by atoms with Crippen molar-refractivity contribution in [2.75, 3.05) is 30.8 Å². The summed E-state index contributed by atoms with van der Waals surface area (Å²) in [5.74, 6) is 0. The minimum absolute atomic E-state index is 0.219. The summed E-state index contributed by atoms with van der Waals surface area (Å²) in [4.78, 5) is 0. The van der Waals surface area contributed by atoms with E-state index in [-0.39, 0.29) is 7.92 Å². The maximum Gasteiger partial charge on any atom is 0.0594 e. The van der Waals surface area contributed by atoms with Crippen molar-refractivity contribution in [2.24, 2.45) is 0 Å². The lowest BCUT2D eigenvalue weighted by Gasteiger charge is -2.28. The molecule has 0 aliphatic carbocycles. The summed E-state index contributed by atoms with van der Waals surface area (Å²) in [6.07, 6.45) is 18.9. The van der Waals surface area contributed by atoms with Crippen LogP contribution in [0.5, 0.6) is 0 Å². The van der Waals surface area contributed by atoms with Crippen LogP contribution in [0.25, 0.3) is 0 Å². The third-order valence-corrected chi connectivity index (χ3v) is 14.0. The van der Waals surface area contributed by atoms with Crippen molar-refractivity contribution in [2.45, 2.75) is 72.1 Å². The van der Waals surface area contributed by atoms with E-state index in [1.165, 1.54) is 57.5 Å². The molecule has 0 saturated carbocycles. The zero-order valence-corrected chi connectivity index (χ0v) is 21.6. The van der Waals surface area contributed by atoms with E-state index in [0.29, 0.717) is 0 Å². The lowest BCUT2D eigenvalue weighted by Crippen LogP contribution is -2.15. The topological polar surface area (TPSA) is 0 Å². The smallest absolute Gasteiger partial charge is 0.0594 e. The Morgan fingerprint density at radius 1 is 0.533 bits per heavy atom. The first kappa shape index (κ1) is 25.6. The van der Waals surface area contributed by atoms with E-state index < -0.39 is 7.26 Å². The normalized spacial score (nSPS) is 11.9. The quantitative estimate of drug-likeness (QED) is 0.181. The monoisotopic (exact) mass is 443 g/mol. The Balaban J connectivity index is 2.02. The second-order valence-corrected chi connectivity index (χ2v) is 15.6. The van der Waals surface area contributed by atoms with Gasteiger partial charge in [-0.1, -0.05) is 101 Å². The molecule has 0 atom stereocenters. The molecule has 2 heteroatoms. The van der Waals surface area contributed by atoms with Crippen molar-refractivity contribution in [1.29, 1.82) is 0 Å². The van der Waals surface area contributed by atoms with Crippen LogP contribution in [-0.4, -0.2) is 30.8 Å². The molecule has 2 aromatic rings. The summed E-state index contributed by atoms with van der Waals surface area (Å²) < 4.78 is 0. The molecule has 0 aliphatic rings. The van der Waals surface area contributed by atoms with Gasteiger partial charge in [0.15, 0.2) is 0 Å². The fourth-order valence-electron chi connectivity index (χ4n) is 4.49. The summed E-state index contributed by atoms with van der Waals surface area (Å²) in [6, 6.07) is 22.5. The van der Waals surface area contributed by atoms with E-state index in [2.05, 4.69) is 81.4 Å². The first-order chi connectivity index (χ1) is 14.7. The molecular formula is C28H45P2+. The summed E-state index contributed by atoms with van der Waals surface area (Å²) in [6.45, 7) is 7.13. The Labute approximate surface area is 189 Å². The summed E-state index contributed by atoms with van der Waals surface area (Å²) in [5.41, 5.74) is 0. The molecule has 0 nitrogen and oxygen atoms in total. The van der Waals surface area contributed by atoms with Crippen molar-refractivity contribution in [3.8, 4) is 0 Å². The minimum Gasteiger partial charge on any atom is -0.0652 e. The molecule has 2 rings (SSSR count). The van der Waals surface area contributed by atoms with Crippen molar-refractivity contribution in [3.05, 3.63) is 60.7 Å². The Morgan fingerprint density at radius 2 is 0.933 bits per heavy atom. The van der Waals surface area contributed by atoms with Crippen LogP contribution in [0.1, 0.15) is 72.1 Å². The fraction of sp³-hybridized carbons (Fsp3) is 0.571. The second kappa shape index (κ2) is 15.2. The predicted molar refractivity (Wildman–Crippen MR) is 144 cm³/mol. The van der Waals surface area contributed by atoms with Gasteiger partial charge in [0.25, 0.3) is 0 Å². The molecule has 0 fully saturated rings. The van der Waals surface area contributed by atoms with Gasteiger partial charge >= 0.3 is 0 Å². The Hall–Kier alpha value is -0.700. The number of benzene rings is 2. The van der Waals surface area contributed by atoms with Crippen LogP contribution in [0.4, 0.5) is 0 Å². The molecule has 0 bridgehead atoms. The van der Waals surface area contributed by atoms with Crippen molar-refractivity contribution >= 4 is 25.8 Å². The van der Waals surface area contributed by atoms with Gasteiger partial charge in [-0.25, -0.2) is 0 Å². The highest BCUT2D eigenvalue weighted by Gasteiger charge is 2.34. The van der Waals surface area contributed by atoms with Crippen LogP contribution < -0.4 is 10.6 Å². The van der Waals surface area contributed by atoms with Gasteiger partial charge in [-0.3, -0.25) is 0 Å². The van der Waals surface area contributed by atoms with Crippen LogP contribution in [0, 0.1) is 0 Å². The zero-order chi connectivity index (χ0) is 21.5. The number of hydrogen-bond donors (Lipinski definition) is 0. The van der Waals surface area contributed by atoms with Crippen LogP contribution in [-0.2, 0) is 0 Å². The highest BCUT2D eigenvalue weighted by molar-refractivity contribution is 7.75. The van der Waals surface area contributed by atoms with Crippen LogP contribution in [0.15, 0.2) is 60.7 Å². The molecule has 0 heterocycles. The first-order valence-corrected chi connectivity index (χ1v) is 16.5. The zero-order valence-electron chi connectivity index (χ0n) is 19.9. The average Bonchev–Trinajstić information content (AvgIpc) is 2.81. The van der Waals surface area contributed by atoms with Gasteiger partial charge in [0.2, 0.25) is 0 Å². The van der Waals surface area contributed by atoms with Crippen molar-refractivity contribution in [1.82, 2.24) is 0 Å². The molecule has 0 spiro atoms. The molecular weight excluding hydrogens is 398 g/mol. The maximum absolute atomic E-state index is 2.38. The molecule has 0 saturated heterocycles. The molecule has 2 aromatic carbocycles. The first-order valence-electron chi connectivity index (χ1n) is 12.5. The standard InChI is InChI=1S/C28H45P2/c1-4-7-23-30(24-8-5-2,25-9-6-3)26-17-16-22-29(27-18-12-10-13-19-27)28-20-14-11-15-21-28/h10-15,18-21H,4-9,16-17,22-26H2,1-3H3/q+1. The molecule has 0 aliphatic heterocycles. The molecule has 166 valence electrons. The Morgan fingerprint density at radius 3 is 1.33 bits per heavy atom.